The lowest BCUT2D eigenvalue weighted by Gasteiger charge is -2.27. The second-order valence-corrected chi connectivity index (χ2v) is 5.79. The van der Waals surface area contributed by atoms with Crippen molar-refractivity contribution in [3.63, 3.8) is 0 Å². The van der Waals surface area contributed by atoms with E-state index in [9.17, 15) is 4.79 Å². The molecule has 0 bridgehead atoms. The maximum atomic E-state index is 12.4. The number of azide groups is 1. The van der Waals surface area contributed by atoms with Crippen LogP contribution in [-0.4, -0.2) is 42.7 Å². The number of nitrogens with zero attached hydrogens (tertiary/aromatic N) is 4. The molecule has 10 heteroatoms. The van der Waals surface area contributed by atoms with Gasteiger partial charge in [0.05, 0.1) is 29.5 Å². The average Bonchev–Trinajstić information content (AvgIpc) is 2.55. The number of carbonyl (C=O) groups is 1. The largest absolute Gasteiger partial charge is 0.381 e. The molecule has 0 aromatic carbocycles. The zero-order valence-corrected chi connectivity index (χ0v) is 13.7. The highest BCUT2D eigenvalue weighted by Gasteiger charge is 2.23. The second-order valence-electron chi connectivity index (χ2n) is 5.00. The zero-order chi connectivity index (χ0) is 16.7. The molecule has 2 heterocycles. The van der Waals surface area contributed by atoms with Crippen LogP contribution in [-0.2, 0) is 9.53 Å². The third-order valence-electron chi connectivity index (χ3n) is 3.38. The van der Waals surface area contributed by atoms with E-state index in [0.717, 1.165) is 12.8 Å². The molecular formula is C13H16Cl2N6O2. The number of aromatic nitrogens is 1. The smallest absolute Gasteiger partial charge is 0.241 e. The van der Waals surface area contributed by atoms with Gasteiger partial charge in [-0.1, -0.05) is 28.3 Å². The first-order valence-electron chi connectivity index (χ1n) is 7.06. The monoisotopic (exact) mass is 358 g/mol. The first kappa shape index (κ1) is 17.8. The molecule has 1 aliphatic heterocycles. The van der Waals surface area contributed by atoms with Gasteiger partial charge < -0.3 is 15.4 Å². The molecule has 1 aromatic rings. The van der Waals surface area contributed by atoms with Crippen LogP contribution >= 0.6 is 23.2 Å². The summed E-state index contributed by atoms with van der Waals surface area (Å²) >= 11 is 11.7. The van der Waals surface area contributed by atoms with Crippen LogP contribution in [0, 0.1) is 0 Å². The van der Waals surface area contributed by atoms with Gasteiger partial charge in [0.2, 0.25) is 5.91 Å². The number of carbonyl (C=O) groups excluding carboxylic acids is 1. The first-order valence-corrected chi connectivity index (χ1v) is 7.82. The van der Waals surface area contributed by atoms with Crippen molar-refractivity contribution >= 4 is 34.8 Å². The van der Waals surface area contributed by atoms with Crippen LogP contribution in [0.1, 0.15) is 12.8 Å². The topological polar surface area (TPSA) is 112 Å². The summed E-state index contributed by atoms with van der Waals surface area (Å²) < 4.78 is 5.28. The van der Waals surface area contributed by atoms with Gasteiger partial charge in [0.25, 0.3) is 0 Å². The predicted molar refractivity (Wildman–Crippen MR) is 87.7 cm³/mol. The summed E-state index contributed by atoms with van der Waals surface area (Å²) in [6.07, 6.45) is 2.97. The van der Waals surface area contributed by atoms with E-state index in [1.54, 1.807) is 0 Å². The van der Waals surface area contributed by atoms with E-state index in [1.165, 1.54) is 12.3 Å². The molecule has 0 saturated carbocycles. The van der Waals surface area contributed by atoms with E-state index >= 15 is 0 Å². The Bertz CT molecular complexity index is 602. The molecule has 8 nitrogen and oxygen atoms in total. The average molecular weight is 359 g/mol. The van der Waals surface area contributed by atoms with Gasteiger partial charge in [-0.25, -0.2) is 4.98 Å². The Hall–Kier alpha value is -1.57. The number of rotatable bonds is 6. The van der Waals surface area contributed by atoms with Gasteiger partial charge in [0.1, 0.15) is 5.15 Å². The molecule has 1 atom stereocenters. The number of ether oxygens (including phenoxy) is 1. The highest BCUT2D eigenvalue weighted by molar-refractivity contribution is 6.36. The SMILES string of the molecule is [N-]=[N+]=NCC(NC1CCOCC1)C(=O)Nc1cnc(Cl)cc1Cl. The molecule has 0 aliphatic carbocycles. The van der Waals surface area contributed by atoms with Gasteiger partial charge >= 0.3 is 0 Å². The molecule has 1 aliphatic rings. The highest BCUT2D eigenvalue weighted by Crippen LogP contribution is 2.23. The summed E-state index contributed by atoms with van der Waals surface area (Å²) in [5, 5.41) is 9.87. The van der Waals surface area contributed by atoms with E-state index in [4.69, 9.17) is 33.5 Å². The van der Waals surface area contributed by atoms with Crippen LogP contribution in [0.2, 0.25) is 10.2 Å². The Labute approximate surface area is 143 Å². The van der Waals surface area contributed by atoms with E-state index < -0.39 is 6.04 Å². The predicted octanol–water partition coefficient (Wildman–Crippen LogP) is 2.77. The third-order valence-corrected chi connectivity index (χ3v) is 3.90. The minimum Gasteiger partial charge on any atom is -0.381 e. The quantitative estimate of drug-likeness (QED) is 0.352. The number of anilines is 1. The fraction of sp³-hybridized carbons (Fsp3) is 0.538. The summed E-state index contributed by atoms with van der Waals surface area (Å²) in [6, 6.07) is 0.903. The number of pyridine rings is 1. The number of halogens is 2. The highest BCUT2D eigenvalue weighted by atomic mass is 35.5. The number of nitrogens with one attached hydrogen (secondary N) is 2. The minimum absolute atomic E-state index is 0.00166. The van der Waals surface area contributed by atoms with E-state index in [-0.39, 0.29) is 28.7 Å². The summed E-state index contributed by atoms with van der Waals surface area (Å²) in [5.41, 5.74) is 8.85. The Balaban J connectivity index is 2.04. The lowest BCUT2D eigenvalue weighted by atomic mass is 10.1. The van der Waals surface area contributed by atoms with E-state index in [0.29, 0.717) is 18.9 Å². The van der Waals surface area contributed by atoms with Crippen LogP contribution in [0.5, 0.6) is 0 Å². The molecule has 1 unspecified atom stereocenters. The summed E-state index contributed by atoms with van der Waals surface area (Å²) in [7, 11) is 0. The van der Waals surface area contributed by atoms with Crippen molar-refractivity contribution in [1.29, 1.82) is 0 Å². The van der Waals surface area contributed by atoms with E-state index in [2.05, 4.69) is 25.6 Å². The first-order chi connectivity index (χ1) is 11.1. The fourth-order valence-electron chi connectivity index (χ4n) is 2.20. The van der Waals surface area contributed by atoms with E-state index in [1.807, 2.05) is 0 Å². The molecule has 0 radical (unpaired) electrons. The van der Waals surface area contributed by atoms with Crippen molar-refractivity contribution < 1.29 is 9.53 Å². The Morgan fingerprint density at radius 1 is 1.52 bits per heavy atom. The summed E-state index contributed by atoms with van der Waals surface area (Å²) in [5.74, 6) is -0.352. The molecule has 2 N–H and O–H groups in total. The summed E-state index contributed by atoms with van der Waals surface area (Å²) in [4.78, 5) is 19.0. The fourth-order valence-corrected chi connectivity index (χ4v) is 2.61. The Morgan fingerprint density at radius 3 is 2.91 bits per heavy atom. The van der Waals surface area contributed by atoms with Gasteiger partial charge in [-0.05, 0) is 24.4 Å². The third kappa shape index (κ3) is 5.53. The van der Waals surface area contributed by atoms with Crippen molar-refractivity contribution in [2.24, 2.45) is 5.11 Å². The lowest BCUT2D eigenvalue weighted by Crippen LogP contribution is -2.49. The van der Waals surface area contributed by atoms with Gasteiger partial charge in [0.15, 0.2) is 0 Å². The standard InChI is InChI=1S/C13H16Cl2N6O2/c14-9-5-12(15)17-6-10(9)20-13(22)11(7-18-21-16)19-8-1-3-23-4-2-8/h5-6,8,11,19H,1-4,7H2,(H,20,22). The molecule has 1 aromatic heterocycles. The molecular weight excluding hydrogens is 343 g/mol. The molecule has 1 saturated heterocycles. The van der Waals surface area contributed by atoms with Crippen LogP contribution in [0.15, 0.2) is 17.4 Å². The van der Waals surface area contributed by atoms with Gasteiger partial charge in [-0.15, -0.1) is 0 Å². The molecule has 0 spiro atoms. The zero-order valence-electron chi connectivity index (χ0n) is 12.2. The Kier molecular flexibility index (Phi) is 6.88. The normalized spacial score (nSPS) is 16.4. The maximum absolute atomic E-state index is 12.4. The minimum atomic E-state index is -0.666. The maximum Gasteiger partial charge on any atom is 0.241 e. The number of amides is 1. The van der Waals surface area contributed by atoms with Crippen LogP contribution in [0.4, 0.5) is 5.69 Å². The van der Waals surface area contributed by atoms with Gasteiger partial charge in [-0.2, -0.15) is 0 Å². The molecule has 1 amide bonds. The number of hydrogen-bond donors (Lipinski definition) is 2. The van der Waals surface area contributed by atoms with Gasteiger partial charge in [0, 0.05) is 24.2 Å². The molecule has 23 heavy (non-hydrogen) atoms. The van der Waals surface area contributed by atoms with Crippen molar-refractivity contribution in [1.82, 2.24) is 10.3 Å². The van der Waals surface area contributed by atoms with Crippen molar-refractivity contribution in [3.8, 4) is 0 Å². The molecule has 2 rings (SSSR count). The van der Waals surface area contributed by atoms with Crippen molar-refractivity contribution in [2.45, 2.75) is 24.9 Å². The number of hydrogen-bond acceptors (Lipinski definition) is 5. The van der Waals surface area contributed by atoms with Crippen LogP contribution in [0.25, 0.3) is 10.4 Å². The van der Waals surface area contributed by atoms with Crippen molar-refractivity contribution in [3.05, 3.63) is 32.9 Å². The van der Waals surface area contributed by atoms with Gasteiger partial charge in [-0.3, -0.25) is 4.79 Å². The molecule has 1 fully saturated rings. The Morgan fingerprint density at radius 2 is 2.26 bits per heavy atom. The summed E-state index contributed by atoms with van der Waals surface area (Å²) in [6.45, 7) is 1.28. The van der Waals surface area contributed by atoms with Crippen LogP contribution < -0.4 is 10.6 Å². The van der Waals surface area contributed by atoms with Crippen LogP contribution in [0.3, 0.4) is 0 Å². The lowest BCUT2D eigenvalue weighted by molar-refractivity contribution is -0.118. The second kappa shape index (κ2) is 8.90. The van der Waals surface area contributed by atoms with Crippen molar-refractivity contribution in [2.75, 3.05) is 25.1 Å². The molecule has 124 valence electrons.